The molecule has 0 atom stereocenters. The third-order valence-corrected chi connectivity index (χ3v) is 2.52. The molecule has 0 saturated carbocycles. The number of nitriles is 2. The smallest absolute Gasteiger partial charge is 0.101 e. The molecular weight excluding hydrogens is 238 g/mol. The van der Waals surface area contributed by atoms with Gasteiger partial charge in [0.05, 0.1) is 34.6 Å². The quantitative estimate of drug-likeness (QED) is 0.753. The van der Waals surface area contributed by atoms with E-state index in [0.717, 1.165) is 5.69 Å². The summed E-state index contributed by atoms with van der Waals surface area (Å²) in [7, 11) is 0. The minimum atomic E-state index is 0.273. The van der Waals surface area contributed by atoms with E-state index in [4.69, 9.17) is 22.1 Å². The molecule has 0 spiro atoms. The minimum absolute atomic E-state index is 0.273. The molecular formula is C11H6ClN5. The first-order valence-corrected chi connectivity index (χ1v) is 5.23. The van der Waals surface area contributed by atoms with E-state index in [-0.39, 0.29) is 5.88 Å². The first-order valence-electron chi connectivity index (χ1n) is 4.70. The van der Waals surface area contributed by atoms with Gasteiger partial charge in [-0.2, -0.15) is 10.5 Å². The molecule has 17 heavy (non-hydrogen) atoms. The van der Waals surface area contributed by atoms with E-state index in [1.54, 1.807) is 24.4 Å². The Balaban J connectivity index is 2.56. The molecule has 0 N–H and O–H groups in total. The molecule has 6 heteroatoms. The average Bonchev–Trinajstić information content (AvgIpc) is 2.86. The van der Waals surface area contributed by atoms with Gasteiger partial charge in [-0.25, -0.2) is 4.68 Å². The van der Waals surface area contributed by atoms with Crippen molar-refractivity contribution in [2.24, 2.45) is 0 Å². The first kappa shape index (κ1) is 11.1. The lowest BCUT2D eigenvalue weighted by atomic mass is 10.1. The average molecular weight is 244 g/mol. The molecule has 82 valence electrons. The third kappa shape index (κ3) is 1.96. The first-order chi connectivity index (χ1) is 8.30. The standard InChI is InChI=1S/C11H6ClN5/c12-4-11-7-15-16-17(11)10-2-1-8(5-13)9(3-10)6-14/h1-3,7H,4H2. The predicted octanol–water partition coefficient (Wildman–Crippen LogP) is 1.75. The molecule has 0 amide bonds. The number of halogens is 1. The molecule has 1 aromatic heterocycles. The molecule has 0 aliphatic heterocycles. The van der Waals surface area contributed by atoms with Crippen molar-refractivity contribution in [1.29, 1.82) is 10.5 Å². The van der Waals surface area contributed by atoms with Crippen LogP contribution in [0.5, 0.6) is 0 Å². The summed E-state index contributed by atoms with van der Waals surface area (Å²) < 4.78 is 1.54. The number of rotatable bonds is 2. The van der Waals surface area contributed by atoms with Crippen molar-refractivity contribution < 1.29 is 0 Å². The molecule has 5 nitrogen and oxygen atoms in total. The maximum absolute atomic E-state index is 8.93. The Hall–Kier alpha value is -2.37. The molecule has 2 aromatic rings. The molecule has 0 fully saturated rings. The van der Waals surface area contributed by atoms with E-state index in [0.29, 0.717) is 16.8 Å². The molecule has 1 heterocycles. The summed E-state index contributed by atoms with van der Waals surface area (Å²) in [6.45, 7) is 0. The fourth-order valence-corrected chi connectivity index (χ4v) is 1.60. The molecule has 0 aliphatic carbocycles. The largest absolute Gasteiger partial charge is 0.216 e. The number of nitrogens with zero attached hydrogens (tertiary/aromatic N) is 5. The van der Waals surface area contributed by atoms with Crippen molar-refractivity contribution in [2.75, 3.05) is 0 Å². The SMILES string of the molecule is N#Cc1ccc(-n2nncc2CCl)cc1C#N. The van der Waals surface area contributed by atoms with Gasteiger partial charge in [-0.15, -0.1) is 16.7 Å². The summed E-state index contributed by atoms with van der Waals surface area (Å²) in [5.41, 5.74) is 2.03. The van der Waals surface area contributed by atoms with Gasteiger partial charge in [-0.1, -0.05) is 5.21 Å². The lowest BCUT2D eigenvalue weighted by Gasteiger charge is -2.04. The van der Waals surface area contributed by atoms with Crippen LogP contribution in [0.25, 0.3) is 5.69 Å². The summed E-state index contributed by atoms with van der Waals surface area (Å²) >= 11 is 5.74. The van der Waals surface area contributed by atoms with Gasteiger partial charge in [0.2, 0.25) is 0 Å². The van der Waals surface area contributed by atoms with Crippen molar-refractivity contribution in [3.63, 3.8) is 0 Å². The number of alkyl halides is 1. The van der Waals surface area contributed by atoms with Gasteiger partial charge >= 0.3 is 0 Å². The van der Waals surface area contributed by atoms with Crippen molar-refractivity contribution >= 4 is 11.6 Å². The van der Waals surface area contributed by atoms with Crippen LogP contribution in [0.3, 0.4) is 0 Å². The Morgan fingerprint density at radius 1 is 1.24 bits per heavy atom. The number of aromatic nitrogens is 3. The van der Waals surface area contributed by atoms with Crippen LogP contribution in [0.2, 0.25) is 0 Å². The van der Waals surface area contributed by atoms with Crippen LogP contribution < -0.4 is 0 Å². The lowest BCUT2D eigenvalue weighted by molar-refractivity contribution is 0.781. The summed E-state index contributed by atoms with van der Waals surface area (Å²) in [6.07, 6.45) is 1.55. The normalized spacial score (nSPS) is 9.59. The van der Waals surface area contributed by atoms with Crippen LogP contribution in [0, 0.1) is 22.7 Å². The molecule has 0 radical (unpaired) electrons. The van der Waals surface area contributed by atoms with Crippen molar-refractivity contribution in [3.8, 4) is 17.8 Å². The van der Waals surface area contributed by atoms with Crippen molar-refractivity contribution in [3.05, 3.63) is 41.2 Å². The van der Waals surface area contributed by atoms with E-state index in [9.17, 15) is 0 Å². The van der Waals surface area contributed by atoms with Gasteiger partial charge < -0.3 is 0 Å². The summed E-state index contributed by atoms with van der Waals surface area (Å²) in [6, 6.07) is 8.79. The second-order valence-electron chi connectivity index (χ2n) is 3.22. The van der Waals surface area contributed by atoms with Gasteiger partial charge in [0.15, 0.2) is 0 Å². The van der Waals surface area contributed by atoms with E-state index in [1.807, 2.05) is 12.1 Å². The monoisotopic (exact) mass is 243 g/mol. The predicted molar refractivity (Wildman–Crippen MR) is 60.3 cm³/mol. The highest BCUT2D eigenvalue weighted by molar-refractivity contribution is 6.16. The van der Waals surface area contributed by atoms with Gasteiger partial charge in [0.25, 0.3) is 0 Å². The maximum atomic E-state index is 8.93. The third-order valence-electron chi connectivity index (χ3n) is 2.25. The zero-order valence-electron chi connectivity index (χ0n) is 8.63. The Morgan fingerprint density at radius 3 is 2.65 bits per heavy atom. The van der Waals surface area contributed by atoms with Crippen LogP contribution in [0.1, 0.15) is 16.8 Å². The molecule has 0 bridgehead atoms. The van der Waals surface area contributed by atoms with E-state index in [1.165, 1.54) is 4.68 Å². The highest BCUT2D eigenvalue weighted by Crippen LogP contribution is 2.15. The highest BCUT2D eigenvalue weighted by Gasteiger charge is 2.08. The number of hydrogen-bond acceptors (Lipinski definition) is 4. The Bertz CT molecular complexity index is 632. The van der Waals surface area contributed by atoms with Crippen molar-refractivity contribution in [2.45, 2.75) is 5.88 Å². The number of hydrogen-bond donors (Lipinski definition) is 0. The Labute approximate surface area is 102 Å². The van der Waals surface area contributed by atoms with E-state index in [2.05, 4.69) is 10.3 Å². The minimum Gasteiger partial charge on any atom is -0.216 e. The molecule has 2 rings (SSSR count). The summed E-state index contributed by atoms with van der Waals surface area (Å²) in [4.78, 5) is 0. The Morgan fingerprint density at radius 2 is 2.00 bits per heavy atom. The topological polar surface area (TPSA) is 78.3 Å². The Kier molecular flexibility index (Phi) is 3.04. The van der Waals surface area contributed by atoms with Gasteiger partial charge in [0, 0.05) is 0 Å². The second-order valence-corrected chi connectivity index (χ2v) is 3.49. The molecule has 0 aliphatic rings. The van der Waals surface area contributed by atoms with Crippen LogP contribution in [-0.4, -0.2) is 15.0 Å². The van der Waals surface area contributed by atoms with E-state index < -0.39 is 0 Å². The van der Waals surface area contributed by atoms with Crippen molar-refractivity contribution in [1.82, 2.24) is 15.0 Å². The van der Waals surface area contributed by atoms with Crippen LogP contribution in [0.4, 0.5) is 0 Å². The van der Waals surface area contributed by atoms with Gasteiger partial charge in [0.1, 0.15) is 12.1 Å². The highest BCUT2D eigenvalue weighted by atomic mass is 35.5. The summed E-state index contributed by atoms with van der Waals surface area (Å²) in [5.74, 6) is 0.273. The van der Waals surface area contributed by atoms with Gasteiger partial charge in [-0.05, 0) is 18.2 Å². The number of benzene rings is 1. The zero-order chi connectivity index (χ0) is 12.3. The zero-order valence-corrected chi connectivity index (χ0v) is 9.39. The molecule has 1 aromatic carbocycles. The van der Waals surface area contributed by atoms with Gasteiger partial charge in [-0.3, -0.25) is 0 Å². The summed E-state index contributed by atoms with van der Waals surface area (Å²) in [5, 5.41) is 25.4. The fourth-order valence-electron chi connectivity index (χ4n) is 1.42. The van der Waals surface area contributed by atoms with Crippen LogP contribution >= 0.6 is 11.6 Å². The molecule has 0 unspecified atom stereocenters. The maximum Gasteiger partial charge on any atom is 0.101 e. The second kappa shape index (κ2) is 4.65. The fraction of sp³-hybridized carbons (Fsp3) is 0.0909. The van der Waals surface area contributed by atoms with E-state index >= 15 is 0 Å². The van der Waals surface area contributed by atoms with Crippen LogP contribution in [0.15, 0.2) is 24.4 Å². The van der Waals surface area contributed by atoms with Crippen LogP contribution in [-0.2, 0) is 5.88 Å². The lowest BCUT2D eigenvalue weighted by Crippen LogP contribution is -2.01. The molecule has 0 saturated heterocycles.